The van der Waals surface area contributed by atoms with Crippen LogP contribution in [-0.4, -0.2) is 47.0 Å². The van der Waals surface area contributed by atoms with Crippen LogP contribution in [0.4, 0.5) is 4.79 Å². The van der Waals surface area contributed by atoms with Gasteiger partial charge in [0.25, 0.3) is 5.91 Å². The quantitative estimate of drug-likeness (QED) is 0.778. The summed E-state index contributed by atoms with van der Waals surface area (Å²) in [4.78, 5) is 39.5. The van der Waals surface area contributed by atoms with Crippen LogP contribution in [0, 0.1) is 0 Å². The van der Waals surface area contributed by atoms with Crippen LogP contribution in [0.1, 0.15) is 12.7 Å². The summed E-state index contributed by atoms with van der Waals surface area (Å²) in [5, 5.41) is 1.96. The number of imide groups is 1. The number of benzene rings is 1. The summed E-state index contributed by atoms with van der Waals surface area (Å²) >= 11 is 1.59. The predicted octanol–water partition coefficient (Wildman–Crippen LogP) is 1.71. The highest BCUT2D eigenvalue weighted by Crippen LogP contribution is 2.19. The van der Waals surface area contributed by atoms with Crippen LogP contribution in [0.2, 0.25) is 0 Å². The van der Waals surface area contributed by atoms with Gasteiger partial charge in [-0.15, -0.1) is 0 Å². The molecule has 25 heavy (non-hydrogen) atoms. The van der Waals surface area contributed by atoms with Gasteiger partial charge in [0, 0.05) is 0 Å². The Morgan fingerprint density at radius 1 is 1.32 bits per heavy atom. The van der Waals surface area contributed by atoms with E-state index in [-0.39, 0.29) is 6.54 Å². The number of thioether (sulfide) groups is 1. The number of esters is 1. The number of imidazole rings is 1. The molecule has 2 aromatic rings. The monoisotopic (exact) mass is 365 g/mol. The summed E-state index contributed by atoms with van der Waals surface area (Å²) in [6, 6.07) is 7.47. The number of nitrogens with one attached hydrogen (secondary N) is 1. The second kappa shape index (κ2) is 8.52. The number of hydrogen-bond donors (Lipinski definition) is 1. The van der Waals surface area contributed by atoms with E-state index in [1.807, 2.05) is 35.8 Å². The third kappa shape index (κ3) is 4.72. The fourth-order valence-corrected chi connectivity index (χ4v) is 2.69. The molecule has 0 spiro atoms. The molecular formula is C16H19N3O5S. The Labute approximate surface area is 148 Å². The van der Waals surface area contributed by atoms with Crippen LogP contribution < -0.4 is 5.32 Å². The maximum absolute atomic E-state index is 12.2. The largest absolute Gasteiger partial charge is 0.453 e. The number of alkyl carbamates (subject to hydrolysis) is 1. The molecule has 2 amide bonds. The summed E-state index contributed by atoms with van der Waals surface area (Å²) in [6.07, 6.45) is -0.0811. The number of methoxy groups -OCH3 is 1. The number of aromatic nitrogens is 2. The van der Waals surface area contributed by atoms with Gasteiger partial charge in [0.1, 0.15) is 12.4 Å². The Balaban J connectivity index is 2.09. The third-order valence-corrected chi connectivity index (χ3v) is 3.93. The summed E-state index contributed by atoms with van der Waals surface area (Å²) < 4.78 is 11.2. The first-order chi connectivity index (χ1) is 12.0. The van der Waals surface area contributed by atoms with Gasteiger partial charge in [0.15, 0.2) is 6.10 Å². The summed E-state index contributed by atoms with van der Waals surface area (Å²) in [5.41, 5.74) is 1.60. The number of fused-ring (bicyclic) bond motifs is 1. The van der Waals surface area contributed by atoms with E-state index in [9.17, 15) is 14.4 Å². The highest BCUT2D eigenvalue weighted by Gasteiger charge is 2.21. The van der Waals surface area contributed by atoms with Crippen LogP contribution in [0.15, 0.2) is 24.3 Å². The molecule has 0 unspecified atom stereocenters. The maximum atomic E-state index is 12.2. The summed E-state index contributed by atoms with van der Waals surface area (Å²) in [7, 11) is 1.14. The van der Waals surface area contributed by atoms with E-state index in [2.05, 4.69) is 9.72 Å². The first kappa shape index (κ1) is 18.8. The van der Waals surface area contributed by atoms with Crippen LogP contribution >= 0.6 is 11.8 Å². The van der Waals surface area contributed by atoms with Crippen molar-refractivity contribution in [1.29, 1.82) is 0 Å². The molecule has 1 aromatic carbocycles. The Hall–Kier alpha value is -2.55. The fourth-order valence-electron chi connectivity index (χ4n) is 2.21. The standard InChI is InChI=1S/C16H19N3O5S/c1-10(15(21)18-16(22)23-2)24-14(20)8-19-12-7-5-4-6-11(12)17-13(19)9-25-3/h4-7,10H,8-9H2,1-3H3,(H,18,21,22)/t10-/m0/s1. The van der Waals surface area contributed by atoms with Crippen molar-refractivity contribution in [3.05, 3.63) is 30.1 Å². The number of carbonyl (C=O) groups excluding carboxylic acids is 3. The average molecular weight is 365 g/mol. The van der Waals surface area contributed by atoms with Crippen molar-refractivity contribution >= 4 is 40.8 Å². The minimum absolute atomic E-state index is 0.0771. The molecule has 9 heteroatoms. The van der Waals surface area contributed by atoms with E-state index in [0.717, 1.165) is 24.0 Å². The second-order valence-electron chi connectivity index (χ2n) is 5.15. The SMILES string of the molecule is COC(=O)NC(=O)[C@H](C)OC(=O)Cn1c(CSC)nc2ccccc21. The molecule has 0 aliphatic carbocycles. The first-order valence-electron chi connectivity index (χ1n) is 7.47. The topological polar surface area (TPSA) is 99.5 Å². The zero-order valence-corrected chi connectivity index (χ0v) is 15.0. The molecule has 2 rings (SSSR count). The predicted molar refractivity (Wildman–Crippen MR) is 93.1 cm³/mol. The molecule has 0 radical (unpaired) electrons. The Bertz CT molecular complexity index is 789. The minimum Gasteiger partial charge on any atom is -0.453 e. The molecule has 0 saturated carbocycles. The molecule has 0 aliphatic rings. The van der Waals surface area contributed by atoms with Crippen molar-refractivity contribution in [1.82, 2.24) is 14.9 Å². The Morgan fingerprint density at radius 2 is 2.04 bits per heavy atom. The maximum Gasteiger partial charge on any atom is 0.413 e. The zero-order valence-electron chi connectivity index (χ0n) is 14.1. The zero-order chi connectivity index (χ0) is 18.4. The van der Waals surface area contributed by atoms with E-state index in [1.54, 1.807) is 16.3 Å². The third-order valence-electron chi connectivity index (χ3n) is 3.38. The van der Waals surface area contributed by atoms with Crippen molar-refractivity contribution in [2.24, 2.45) is 0 Å². The van der Waals surface area contributed by atoms with E-state index in [0.29, 0.717) is 5.75 Å². The van der Waals surface area contributed by atoms with Crippen LogP contribution in [0.25, 0.3) is 11.0 Å². The van der Waals surface area contributed by atoms with Crippen molar-refractivity contribution in [3.63, 3.8) is 0 Å². The van der Waals surface area contributed by atoms with E-state index >= 15 is 0 Å². The van der Waals surface area contributed by atoms with Gasteiger partial charge >= 0.3 is 12.1 Å². The molecular weight excluding hydrogens is 346 g/mol. The van der Waals surface area contributed by atoms with Crippen molar-refractivity contribution in [2.45, 2.75) is 25.3 Å². The van der Waals surface area contributed by atoms with E-state index in [1.165, 1.54) is 6.92 Å². The number of ether oxygens (including phenoxy) is 2. The first-order valence-corrected chi connectivity index (χ1v) is 8.87. The lowest BCUT2D eigenvalue weighted by Gasteiger charge is -2.14. The normalized spacial score (nSPS) is 11.8. The molecule has 1 N–H and O–H groups in total. The van der Waals surface area contributed by atoms with Gasteiger partial charge in [0.2, 0.25) is 0 Å². The van der Waals surface area contributed by atoms with Gasteiger partial charge in [0.05, 0.1) is 23.9 Å². The Morgan fingerprint density at radius 3 is 2.72 bits per heavy atom. The van der Waals surface area contributed by atoms with Crippen molar-refractivity contribution in [2.75, 3.05) is 13.4 Å². The minimum atomic E-state index is -1.12. The lowest BCUT2D eigenvalue weighted by atomic mass is 10.3. The molecule has 0 bridgehead atoms. The van der Waals surface area contributed by atoms with Crippen molar-refractivity contribution in [3.8, 4) is 0 Å². The molecule has 1 heterocycles. The molecule has 0 aliphatic heterocycles. The number of carbonyl (C=O) groups is 3. The van der Waals surface area contributed by atoms with Crippen LogP contribution in [-0.2, 0) is 31.4 Å². The molecule has 1 atom stereocenters. The second-order valence-corrected chi connectivity index (χ2v) is 6.01. The average Bonchev–Trinajstić information content (AvgIpc) is 2.92. The molecule has 1 aromatic heterocycles. The van der Waals surface area contributed by atoms with Gasteiger partial charge < -0.3 is 14.0 Å². The van der Waals surface area contributed by atoms with E-state index < -0.39 is 24.1 Å². The number of hydrogen-bond acceptors (Lipinski definition) is 7. The van der Waals surface area contributed by atoms with Gasteiger partial charge in [-0.05, 0) is 25.3 Å². The number of nitrogens with zero attached hydrogens (tertiary/aromatic N) is 2. The number of rotatable bonds is 6. The van der Waals surface area contributed by atoms with Gasteiger partial charge in [-0.25, -0.2) is 9.78 Å². The summed E-state index contributed by atoms with van der Waals surface area (Å²) in [5.74, 6) is 0.0377. The summed E-state index contributed by atoms with van der Waals surface area (Å²) in [6.45, 7) is 1.30. The smallest absolute Gasteiger partial charge is 0.413 e. The van der Waals surface area contributed by atoms with Gasteiger partial charge in [-0.2, -0.15) is 11.8 Å². The van der Waals surface area contributed by atoms with Crippen molar-refractivity contribution < 1.29 is 23.9 Å². The number of para-hydroxylation sites is 2. The lowest BCUT2D eigenvalue weighted by Crippen LogP contribution is -2.39. The van der Waals surface area contributed by atoms with Crippen LogP contribution in [0.3, 0.4) is 0 Å². The van der Waals surface area contributed by atoms with Gasteiger partial charge in [-0.3, -0.25) is 14.9 Å². The molecule has 0 fully saturated rings. The molecule has 134 valence electrons. The number of amides is 2. The Kier molecular flexibility index (Phi) is 6.40. The van der Waals surface area contributed by atoms with Gasteiger partial charge in [-0.1, -0.05) is 12.1 Å². The van der Waals surface area contributed by atoms with Crippen LogP contribution in [0.5, 0.6) is 0 Å². The molecule has 0 saturated heterocycles. The fraction of sp³-hybridized carbons (Fsp3) is 0.375. The lowest BCUT2D eigenvalue weighted by molar-refractivity contribution is -0.155. The molecule has 8 nitrogen and oxygen atoms in total. The highest BCUT2D eigenvalue weighted by atomic mass is 32.2. The van der Waals surface area contributed by atoms with E-state index in [4.69, 9.17) is 4.74 Å². The highest BCUT2D eigenvalue weighted by molar-refractivity contribution is 7.97.